The molecule has 3 aliphatic rings. The Bertz CT molecular complexity index is 5650. The fraction of sp³-hybridized carbons (Fsp3) is 0.329. The summed E-state index contributed by atoms with van der Waals surface area (Å²) < 4.78 is 77.3. The number of rotatable bonds is 26. The highest BCUT2D eigenvalue weighted by Crippen LogP contribution is 2.32. The third-order valence-corrected chi connectivity index (χ3v) is 20.4. The number of ether oxygens (including phenoxy) is 4. The van der Waals surface area contributed by atoms with Crippen molar-refractivity contribution in [1.82, 2.24) is 98.8 Å². The number of alkyl halides is 4. The molecule has 0 saturated carbocycles. The van der Waals surface area contributed by atoms with Crippen molar-refractivity contribution in [2.75, 3.05) is 136 Å². The Morgan fingerprint density at radius 1 is 0.462 bits per heavy atom. The Hall–Kier alpha value is -13.1. The highest BCUT2D eigenvalue weighted by atomic mass is 19.3. The minimum absolute atomic E-state index is 0.00407. The Labute approximate surface area is 683 Å². The Kier molecular flexibility index (Phi) is 26.0. The quantitative estimate of drug-likeness (QED) is 0.0217. The van der Waals surface area contributed by atoms with E-state index in [4.69, 9.17) is 18.9 Å². The molecule has 1 unspecified atom stereocenters. The molecule has 13 heterocycles. The van der Waals surface area contributed by atoms with Gasteiger partial charge in [-0.3, -0.25) is 29.3 Å². The molecular formula is C85H93F4N23O7. The lowest BCUT2D eigenvalue weighted by Crippen LogP contribution is -2.47. The molecule has 3 amide bonds. The molecule has 16 rings (SSSR count). The number of hydrogen-bond donors (Lipinski definition) is 6. The van der Waals surface area contributed by atoms with E-state index in [2.05, 4.69) is 117 Å². The second-order valence-electron chi connectivity index (χ2n) is 29.6. The number of carbonyl (C=O) groups excluding carboxylic acids is 3. The molecule has 0 spiro atoms. The van der Waals surface area contributed by atoms with Crippen LogP contribution in [0.15, 0.2) is 177 Å². The normalized spacial score (nSPS) is 14.6. The number of amides is 3. The smallest absolute Gasteiger partial charge is 0.281 e. The summed E-state index contributed by atoms with van der Waals surface area (Å²) >= 11 is 0. The van der Waals surface area contributed by atoms with Gasteiger partial charge in [-0.1, -0.05) is 0 Å². The number of fused-ring (bicyclic) bond motifs is 3. The highest BCUT2D eigenvalue weighted by molar-refractivity contribution is 6.01. The first kappa shape index (κ1) is 82.5. The fourth-order valence-electron chi connectivity index (χ4n) is 13.4. The summed E-state index contributed by atoms with van der Waals surface area (Å²) in [5.41, 5.74) is 11.1. The number of likely N-dealkylation sites (N-methyl/N-ethyl adjacent to an activating group) is 3. The van der Waals surface area contributed by atoms with Crippen molar-refractivity contribution in [3.8, 4) is 51.4 Å². The maximum atomic E-state index is 13.5. The molecular weight excluding hydrogens is 1530 g/mol. The SMILES string of the molecule is CC(Oc1ccnc(-c2ccnc(Nc3ccc4[nH]c(C(=O)N5CCN(C)CC5)cc4c3)n2)c1)C(C)(F)F.CN1CCN(C(=O)c2cc3cc(Nc4nccc(-c5cc(OCCCC(C)(F)F)ccn5)n4)ccc3[nH]2)CC1.COCCn1cncc1COc1ccnc(-c2ccnc(Nc3ccc4[nH]c(C(=O)N5CCN(C)CC5)cc4c3)n2)c1. The van der Waals surface area contributed by atoms with Gasteiger partial charge in [0.15, 0.2) is 6.10 Å². The van der Waals surface area contributed by atoms with Crippen LogP contribution in [-0.2, 0) is 17.9 Å². The lowest BCUT2D eigenvalue weighted by molar-refractivity contribution is -0.0718. The number of methoxy groups -OCH3 is 1. The predicted octanol–water partition coefficient (Wildman–Crippen LogP) is 13.1. The number of nitrogens with zero attached hydrogens (tertiary/aromatic N) is 17. The third kappa shape index (κ3) is 22.0. The molecule has 0 radical (unpaired) electrons. The van der Waals surface area contributed by atoms with Gasteiger partial charge in [0.2, 0.25) is 23.8 Å². The van der Waals surface area contributed by atoms with E-state index in [-0.39, 0.29) is 42.9 Å². The molecule has 6 N–H and O–H groups in total. The molecule has 10 aromatic heterocycles. The number of hydrogen-bond acceptors (Lipinski definition) is 23. The predicted molar refractivity (Wildman–Crippen MR) is 445 cm³/mol. The zero-order valence-electron chi connectivity index (χ0n) is 67.0. The van der Waals surface area contributed by atoms with Crippen LogP contribution >= 0.6 is 0 Å². The van der Waals surface area contributed by atoms with Gasteiger partial charge < -0.3 is 83.8 Å². The molecule has 3 aromatic carbocycles. The van der Waals surface area contributed by atoms with Gasteiger partial charge in [0, 0.05) is 211 Å². The van der Waals surface area contributed by atoms with Crippen LogP contribution in [0.5, 0.6) is 17.2 Å². The molecule has 618 valence electrons. The summed E-state index contributed by atoms with van der Waals surface area (Å²) in [6.07, 6.45) is 12.0. The number of anilines is 6. The monoisotopic (exact) mass is 1620 g/mol. The number of halogens is 4. The Balaban J connectivity index is 0.000000147. The fourth-order valence-corrected chi connectivity index (χ4v) is 13.4. The zero-order valence-corrected chi connectivity index (χ0v) is 67.0. The van der Waals surface area contributed by atoms with Gasteiger partial charge in [0.1, 0.15) is 40.9 Å². The molecule has 13 aromatic rings. The van der Waals surface area contributed by atoms with Gasteiger partial charge in [-0.25, -0.2) is 52.4 Å². The van der Waals surface area contributed by atoms with E-state index in [9.17, 15) is 31.9 Å². The highest BCUT2D eigenvalue weighted by Gasteiger charge is 2.33. The van der Waals surface area contributed by atoms with Crippen LogP contribution < -0.4 is 30.2 Å². The standard InChI is InChI=1S/C30H33N9O3.C28H31F2N7O2.C27H29F2N7O2/c1-37-9-11-38(12-10-37)29(40)28-16-21-15-22(3-4-25(21)35-28)34-30-33-8-6-26(36-30)27-17-24(5-7-32-27)42-19-23-18-31-20-39(23)13-14-41-2;1-28(29,30)8-3-15-39-21-6-9-31-24(18-21)23-7-10-32-27(35-23)33-20-4-5-22-19(16-20)17-25(34-22)26(38)37-13-11-36(2)12-14-37;1-17(27(2,28)29)38-20-6-8-30-23(16-20)22-7-9-31-26(34-22)32-19-4-5-21-18(14-19)15-24(33-21)25(37)36-12-10-35(3)11-13-36/h3-8,15-18,20,35H,9-14,19H2,1-2H3,(H,33,34,36);4-7,9-10,16-18,34H,3,8,11-15H2,1-2H3,(H,32,33,35);4-9,14-17,33H,10-13H2,1-3H3,(H,31,32,34). The molecule has 3 aliphatic heterocycles. The van der Waals surface area contributed by atoms with Crippen LogP contribution in [0.4, 0.5) is 52.5 Å². The van der Waals surface area contributed by atoms with Gasteiger partial charge in [-0.2, -0.15) is 0 Å². The van der Waals surface area contributed by atoms with Crippen molar-refractivity contribution in [3.05, 3.63) is 200 Å². The average Bonchev–Trinajstić information content (AvgIpc) is 1.67. The van der Waals surface area contributed by atoms with Crippen LogP contribution in [0, 0.1) is 0 Å². The number of benzene rings is 3. The van der Waals surface area contributed by atoms with Crippen molar-refractivity contribution in [3.63, 3.8) is 0 Å². The maximum absolute atomic E-state index is 13.5. The summed E-state index contributed by atoms with van der Waals surface area (Å²) in [7, 11) is 7.86. The van der Waals surface area contributed by atoms with Gasteiger partial charge in [-0.15, -0.1) is 0 Å². The molecule has 30 nitrogen and oxygen atoms in total. The van der Waals surface area contributed by atoms with Crippen molar-refractivity contribution < 1.29 is 50.9 Å². The van der Waals surface area contributed by atoms with Crippen LogP contribution in [0.2, 0.25) is 0 Å². The van der Waals surface area contributed by atoms with E-state index in [1.807, 2.05) is 110 Å². The van der Waals surface area contributed by atoms with Crippen LogP contribution in [-0.4, -0.2) is 254 Å². The zero-order chi connectivity index (χ0) is 83.2. The lowest BCUT2D eigenvalue weighted by Gasteiger charge is -2.32. The summed E-state index contributed by atoms with van der Waals surface area (Å²) in [5.74, 6) is -3.00. The molecule has 3 fully saturated rings. The first-order valence-corrected chi connectivity index (χ1v) is 39.1. The largest absolute Gasteiger partial charge is 0.493 e. The average molecular weight is 1620 g/mol. The van der Waals surface area contributed by atoms with Crippen molar-refractivity contribution in [2.24, 2.45) is 0 Å². The summed E-state index contributed by atoms with van der Waals surface area (Å²) in [5, 5.41) is 12.4. The van der Waals surface area contributed by atoms with Crippen molar-refractivity contribution >= 4 is 85.3 Å². The number of carbonyl (C=O) groups is 3. The van der Waals surface area contributed by atoms with Crippen LogP contribution in [0.3, 0.4) is 0 Å². The summed E-state index contributed by atoms with van der Waals surface area (Å²) in [4.78, 5) is 105. The first-order valence-electron chi connectivity index (χ1n) is 39.1. The number of aromatic amines is 3. The van der Waals surface area contributed by atoms with E-state index in [1.54, 1.807) is 81.0 Å². The Morgan fingerprint density at radius 2 is 0.840 bits per heavy atom. The molecule has 1 atom stereocenters. The van der Waals surface area contributed by atoms with Crippen LogP contribution in [0.1, 0.15) is 70.8 Å². The third-order valence-electron chi connectivity index (χ3n) is 20.4. The van der Waals surface area contributed by atoms with E-state index in [1.165, 1.54) is 19.2 Å². The summed E-state index contributed by atoms with van der Waals surface area (Å²) in [6.45, 7) is 14.4. The molecule has 3 saturated heterocycles. The van der Waals surface area contributed by atoms with E-state index in [0.717, 1.165) is 122 Å². The first-order chi connectivity index (χ1) is 57.4. The number of H-pyrrole nitrogens is 3. The number of nitrogens with one attached hydrogen (secondary N) is 6. The minimum atomic E-state index is -2.98. The Morgan fingerprint density at radius 3 is 1.23 bits per heavy atom. The topological polar surface area (TPSA) is 325 Å². The number of piperazine rings is 3. The van der Waals surface area contributed by atoms with Crippen LogP contribution in [0.25, 0.3) is 66.9 Å². The lowest BCUT2D eigenvalue weighted by atomic mass is 10.2. The molecule has 0 aliphatic carbocycles. The van der Waals surface area contributed by atoms with Gasteiger partial charge in [0.25, 0.3) is 23.6 Å². The van der Waals surface area contributed by atoms with Gasteiger partial charge >= 0.3 is 0 Å². The van der Waals surface area contributed by atoms with Crippen molar-refractivity contribution in [2.45, 2.75) is 64.7 Å². The second kappa shape index (κ2) is 37.5. The number of imidazole rings is 1. The maximum Gasteiger partial charge on any atom is 0.281 e. The minimum Gasteiger partial charge on any atom is -0.493 e. The molecule has 34 heteroatoms. The van der Waals surface area contributed by atoms with Gasteiger partial charge in [-0.05, 0) is 151 Å². The van der Waals surface area contributed by atoms with E-state index < -0.39 is 17.9 Å². The van der Waals surface area contributed by atoms with Gasteiger partial charge in [0.05, 0.1) is 65.6 Å². The van der Waals surface area contributed by atoms with Crippen molar-refractivity contribution in [1.29, 1.82) is 0 Å². The molecule has 0 bridgehead atoms. The number of aromatic nitrogens is 14. The molecule has 119 heavy (non-hydrogen) atoms. The summed E-state index contributed by atoms with van der Waals surface area (Å²) in [6, 6.07) is 38.3. The van der Waals surface area contributed by atoms with E-state index in [0.29, 0.717) is 127 Å². The second-order valence-corrected chi connectivity index (χ2v) is 29.6. The number of pyridine rings is 3. The van der Waals surface area contributed by atoms with E-state index >= 15 is 0 Å².